The maximum Gasteiger partial charge on any atom is 0.283 e. The van der Waals surface area contributed by atoms with Gasteiger partial charge in [-0.25, -0.2) is 4.98 Å². The lowest BCUT2D eigenvalue weighted by Gasteiger charge is -2.10. The van der Waals surface area contributed by atoms with E-state index in [0.29, 0.717) is 11.4 Å². The van der Waals surface area contributed by atoms with Crippen LogP contribution in [0.25, 0.3) is 0 Å². The third kappa shape index (κ3) is 6.10. The molecule has 0 atom stereocenters. The van der Waals surface area contributed by atoms with Gasteiger partial charge in [-0.05, 0) is 54.7 Å². The van der Waals surface area contributed by atoms with Crippen LogP contribution < -0.4 is 16.1 Å². The Kier molecular flexibility index (Phi) is 8.97. The van der Waals surface area contributed by atoms with Crippen LogP contribution >= 0.6 is 0 Å². The van der Waals surface area contributed by atoms with Crippen molar-refractivity contribution in [1.29, 1.82) is 0 Å². The van der Waals surface area contributed by atoms with Crippen LogP contribution in [0, 0.1) is 0 Å². The average molecular weight is 456 g/mol. The van der Waals surface area contributed by atoms with Crippen molar-refractivity contribution in [1.82, 2.24) is 4.98 Å². The van der Waals surface area contributed by atoms with Gasteiger partial charge in [0, 0.05) is 23.8 Å². The fourth-order valence-corrected chi connectivity index (χ4v) is 3.63. The maximum atomic E-state index is 12.8. The quantitative estimate of drug-likeness (QED) is 0.339. The topological polar surface area (TPSA) is 83.6 Å². The molecule has 0 saturated heterocycles. The number of para-hydroxylation sites is 2. The lowest BCUT2D eigenvalue weighted by molar-refractivity contribution is -0.114. The Hall–Kier alpha value is -3.93. The molecule has 0 fully saturated rings. The Morgan fingerprint density at radius 3 is 2.21 bits per heavy atom. The van der Waals surface area contributed by atoms with Gasteiger partial charge in [0.15, 0.2) is 5.82 Å². The summed E-state index contributed by atoms with van der Waals surface area (Å²) in [6.07, 6.45) is 7.05. The van der Waals surface area contributed by atoms with Crippen LogP contribution in [0.2, 0.25) is 0 Å². The monoisotopic (exact) mass is 455 g/mol. The zero-order valence-electron chi connectivity index (χ0n) is 20.2. The number of nitrogens with one attached hydrogen (secondary N) is 1. The molecule has 0 aliphatic carbocycles. The number of hydrogen-bond acceptors (Lipinski definition) is 5. The number of hydrogen-bond donors (Lipinski definition) is 2. The van der Waals surface area contributed by atoms with Gasteiger partial charge in [0.1, 0.15) is 0 Å². The lowest BCUT2D eigenvalue weighted by Crippen LogP contribution is -2.22. The highest BCUT2D eigenvalue weighted by molar-refractivity contribution is 6.30. The number of nitrogens with two attached hydrogens (primary N) is 1. The molecule has 1 aliphatic rings. The molecule has 176 valence electrons. The van der Waals surface area contributed by atoms with Gasteiger partial charge in [-0.3, -0.25) is 4.79 Å². The summed E-state index contributed by atoms with van der Waals surface area (Å²) in [5.41, 5.74) is 11.4. The van der Waals surface area contributed by atoms with Gasteiger partial charge in [0.05, 0.1) is 11.3 Å². The second kappa shape index (κ2) is 12.3. The summed E-state index contributed by atoms with van der Waals surface area (Å²) in [7, 11) is 0. The van der Waals surface area contributed by atoms with E-state index in [4.69, 9.17) is 5.73 Å². The van der Waals surface area contributed by atoms with Gasteiger partial charge in [-0.1, -0.05) is 69.7 Å². The summed E-state index contributed by atoms with van der Waals surface area (Å²) >= 11 is 0. The molecular weight excluding hydrogens is 422 g/mol. The summed E-state index contributed by atoms with van der Waals surface area (Å²) < 4.78 is 0. The van der Waals surface area contributed by atoms with Crippen LogP contribution in [-0.2, 0) is 17.6 Å². The highest BCUT2D eigenvalue weighted by atomic mass is 16.2. The molecule has 1 amide bonds. The van der Waals surface area contributed by atoms with Crippen LogP contribution in [-0.4, -0.2) is 16.6 Å². The molecule has 1 aromatic heterocycles. The third-order valence-corrected chi connectivity index (χ3v) is 5.51. The molecule has 3 aromatic rings. The van der Waals surface area contributed by atoms with Crippen molar-refractivity contribution in [3.05, 3.63) is 95.8 Å². The van der Waals surface area contributed by atoms with Crippen LogP contribution in [0.3, 0.4) is 0 Å². The van der Waals surface area contributed by atoms with Gasteiger partial charge in [-0.2, -0.15) is 10.1 Å². The first kappa shape index (κ1) is 24.7. The number of aromatic nitrogens is 1. The van der Waals surface area contributed by atoms with E-state index in [0.717, 1.165) is 42.8 Å². The first-order valence-electron chi connectivity index (χ1n) is 11.8. The van der Waals surface area contributed by atoms with Gasteiger partial charge in [0.2, 0.25) is 0 Å². The van der Waals surface area contributed by atoms with Gasteiger partial charge < -0.3 is 11.1 Å². The van der Waals surface area contributed by atoms with Gasteiger partial charge >= 0.3 is 0 Å². The standard InChI is InChI=1S/C20H22N4O.C8H11N/c1-3-9-18-16(14-22-17-11-6-5-10-15(17)4-2)20(25)24(23-18)19-12-7-8-13-21-19;1-2-7-5-3-4-6-8(7)9/h5-8,10-14,22H,3-4,9H2,1-2H3;3-6H,2,9H2,1H3/b16-14-;. The smallest absolute Gasteiger partial charge is 0.283 e. The summed E-state index contributed by atoms with van der Waals surface area (Å²) in [6, 6.07) is 21.5. The van der Waals surface area contributed by atoms with E-state index in [1.807, 2.05) is 48.5 Å². The van der Waals surface area contributed by atoms with Gasteiger partial charge in [0.25, 0.3) is 5.91 Å². The van der Waals surface area contributed by atoms with Crippen LogP contribution in [0.15, 0.2) is 89.8 Å². The first-order chi connectivity index (χ1) is 16.6. The normalized spacial score (nSPS) is 14.0. The average Bonchev–Trinajstić information content (AvgIpc) is 3.19. The fourth-order valence-electron chi connectivity index (χ4n) is 3.63. The number of hydrazone groups is 1. The number of nitrogen functional groups attached to an aromatic ring is 1. The van der Waals surface area contributed by atoms with E-state index in [-0.39, 0.29) is 5.91 Å². The third-order valence-electron chi connectivity index (χ3n) is 5.51. The zero-order valence-corrected chi connectivity index (χ0v) is 20.2. The van der Waals surface area contributed by atoms with Gasteiger partial charge in [-0.15, -0.1) is 0 Å². The number of anilines is 3. The number of pyridine rings is 1. The predicted octanol–water partition coefficient (Wildman–Crippen LogP) is 5.97. The molecule has 0 unspecified atom stereocenters. The molecule has 34 heavy (non-hydrogen) atoms. The number of benzene rings is 2. The summed E-state index contributed by atoms with van der Waals surface area (Å²) in [5, 5.41) is 9.16. The molecule has 2 aromatic carbocycles. The van der Waals surface area contributed by atoms with E-state index < -0.39 is 0 Å². The molecule has 6 heteroatoms. The minimum Gasteiger partial charge on any atom is -0.399 e. The Labute approximate surface area is 202 Å². The number of rotatable bonds is 7. The van der Waals surface area contributed by atoms with Crippen molar-refractivity contribution in [3.8, 4) is 0 Å². The van der Waals surface area contributed by atoms with Crippen LogP contribution in [0.5, 0.6) is 0 Å². The van der Waals surface area contributed by atoms with Crippen molar-refractivity contribution in [2.75, 3.05) is 16.1 Å². The Bertz CT molecular complexity index is 1150. The van der Waals surface area contributed by atoms with Crippen molar-refractivity contribution >= 4 is 28.8 Å². The second-order valence-electron chi connectivity index (χ2n) is 7.87. The number of amides is 1. The molecule has 6 nitrogen and oxygen atoms in total. The molecule has 0 bridgehead atoms. The zero-order chi connectivity index (χ0) is 24.3. The number of nitrogens with zero attached hydrogens (tertiary/aromatic N) is 3. The molecule has 4 rings (SSSR count). The minimum atomic E-state index is -0.149. The second-order valence-corrected chi connectivity index (χ2v) is 7.87. The fraction of sp³-hybridized carbons (Fsp3) is 0.250. The summed E-state index contributed by atoms with van der Waals surface area (Å²) in [4.78, 5) is 17.1. The largest absolute Gasteiger partial charge is 0.399 e. The number of carbonyl (C=O) groups is 1. The minimum absolute atomic E-state index is 0.149. The maximum absolute atomic E-state index is 12.8. The SMILES string of the molecule is CCCC1=NN(c2ccccn2)C(=O)/C1=C\Nc1ccccc1CC.CCc1ccccc1N. The van der Waals surface area contributed by atoms with E-state index >= 15 is 0 Å². The molecular formula is C28H33N5O. The van der Waals surface area contributed by atoms with Crippen molar-refractivity contribution in [2.24, 2.45) is 5.10 Å². The first-order valence-corrected chi connectivity index (χ1v) is 11.8. The molecule has 0 spiro atoms. The molecule has 0 saturated carbocycles. The molecule has 1 aliphatic heterocycles. The predicted molar refractivity (Wildman–Crippen MR) is 142 cm³/mol. The van der Waals surface area contributed by atoms with Crippen molar-refractivity contribution in [2.45, 2.75) is 46.5 Å². The molecule has 3 N–H and O–H groups in total. The van der Waals surface area contributed by atoms with E-state index in [2.05, 4.69) is 48.3 Å². The van der Waals surface area contributed by atoms with E-state index in [1.54, 1.807) is 18.5 Å². The van der Waals surface area contributed by atoms with E-state index in [9.17, 15) is 4.79 Å². The van der Waals surface area contributed by atoms with Crippen molar-refractivity contribution in [3.63, 3.8) is 0 Å². The number of aryl methyl sites for hydroxylation is 2. The van der Waals surface area contributed by atoms with Crippen molar-refractivity contribution < 1.29 is 4.79 Å². The summed E-state index contributed by atoms with van der Waals surface area (Å²) in [5.74, 6) is 0.391. The van der Waals surface area contributed by atoms with E-state index in [1.165, 1.54) is 16.1 Å². The highest BCUT2D eigenvalue weighted by Gasteiger charge is 2.31. The van der Waals surface area contributed by atoms with Crippen LogP contribution in [0.4, 0.5) is 17.2 Å². The Balaban J connectivity index is 0.000000302. The lowest BCUT2D eigenvalue weighted by atomic mass is 10.1. The number of carbonyl (C=O) groups excluding carboxylic acids is 1. The van der Waals surface area contributed by atoms with Crippen LogP contribution in [0.1, 0.15) is 44.7 Å². The Morgan fingerprint density at radius 1 is 0.912 bits per heavy atom. The molecule has 0 radical (unpaired) electrons. The molecule has 2 heterocycles. The highest BCUT2D eigenvalue weighted by Crippen LogP contribution is 2.24. The Morgan fingerprint density at radius 2 is 1.59 bits per heavy atom. The summed E-state index contributed by atoms with van der Waals surface area (Å²) in [6.45, 7) is 6.29.